The van der Waals surface area contributed by atoms with Gasteiger partial charge in [-0.3, -0.25) is 9.59 Å². The van der Waals surface area contributed by atoms with Crippen molar-refractivity contribution in [3.63, 3.8) is 0 Å². The molecule has 2 amide bonds. The number of benzene rings is 1. The van der Waals surface area contributed by atoms with E-state index in [4.69, 9.17) is 0 Å². The molecule has 0 spiro atoms. The highest BCUT2D eigenvalue weighted by Gasteiger charge is 2.22. The van der Waals surface area contributed by atoms with Crippen molar-refractivity contribution in [2.75, 3.05) is 6.54 Å². The van der Waals surface area contributed by atoms with Crippen LogP contribution in [0.1, 0.15) is 63.6 Å². The lowest BCUT2D eigenvalue weighted by atomic mass is 9.87. The van der Waals surface area contributed by atoms with Crippen LogP contribution in [-0.4, -0.2) is 18.4 Å². The number of rotatable bonds is 5. The predicted molar refractivity (Wildman–Crippen MR) is 92.0 cm³/mol. The van der Waals surface area contributed by atoms with Crippen LogP contribution in [0.2, 0.25) is 0 Å². The summed E-state index contributed by atoms with van der Waals surface area (Å²) in [4.78, 5) is 23.9. The number of amides is 2. The molecule has 0 saturated heterocycles. The Hall–Kier alpha value is -1.84. The second-order valence-corrected chi connectivity index (χ2v) is 7.32. The van der Waals surface area contributed by atoms with Gasteiger partial charge in [-0.25, -0.2) is 0 Å². The van der Waals surface area contributed by atoms with Crippen LogP contribution >= 0.6 is 0 Å². The molecule has 126 valence electrons. The van der Waals surface area contributed by atoms with Crippen LogP contribution in [0.5, 0.6) is 0 Å². The fourth-order valence-electron chi connectivity index (χ4n) is 2.89. The van der Waals surface area contributed by atoms with Gasteiger partial charge in [0, 0.05) is 18.4 Å². The van der Waals surface area contributed by atoms with Crippen LogP contribution in [0.3, 0.4) is 0 Å². The molecule has 0 aromatic heterocycles. The summed E-state index contributed by atoms with van der Waals surface area (Å²) in [5.74, 6) is 0.0934. The van der Waals surface area contributed by atoms with Gasteiger partial charge in [-0.15, -0.1) is 0 Å². The Labute approximate surface area is 139 Å². The Morgan fingerprint density at radius 2 is 1.96 bits per heavy atom. The minimum absolute atomic E-state index is 0.0270. The van der Waals surface area contributed by atoms with Gasteiger partial charge in [0.2, 0.25) is 11.8 Å². The molecule has 4 nitrogen and oxygen atoms in total. The molecule has 0 bridgehead atoms. The van der Waals surface area contributed by atoms with Crippen molar-refractivity contribution in [3.8, 4) is 0 Å². The quantitative estimate of drug-likeness (QED) is 0.820. The van der Waals surface area contributed by atoms with Crippen LogP contribution in [0, 0.1) is 5.41 Å². The third-order valence-electron chi connectivity index (χ3n) is 4.25. The Balaban J connectivity index is 1.75. The van der Waals surface area contributed by atoms with E-state index in [1.807, 2.05) is 26.8 Å². The monoisotopic (exact) mass is 316 g/mol. The van der Waals surface area contributed by atoms with Crippen LogP contribution < -0.4 is 10.6 Å². The summed E-state index contributed by atoms with van der Waals surface area (Å²) in [5, 5.41) is 6.02. The molecule has 0 aliphatic heterocycles. The van der Waals surface area contributed by atoms with Crippen molar-refractivity contribution in [3.05, 3.63) is 35.4 Å². The number of aryl methyl sites for hydroxylation is 1. The second-order valence-electron chi connectivity index (χ2n) is 7.32. The van der Waals surface area contributed by atoms with E-state index in [9.17, 15) is 9.59 Å². The Kier molecular flexibility index (Phi) is 5.80. The second kappa shape index (κ2) is 7.62. The van der Waals surface area contributed by atoms with E-state index in [1.54, 1.807) is 0 Å². The molecule has 1 aliphatic rings. The van der Waals surface area contributed by atoms with Crippen molar-refractivity contribution in [2.45, 2.75) is 58.9 Å². The third-order valence-corrected chi connectivity index (χ3v) is 4.25. The van der Waals surface area contributed by atoms with Gasteiger partial charge in [-0.05, 0) is 36.8 Å². The van der Waals surface area contributed by atoms with Gasteiger partial charge in [0.25, 0.3) is 0 Å². The first-order chi connectivity index (χ1) is 10.9. The average molecular weight is 316 g/mol. The van der Waals surface area contributed by atoms with Crippen molar-refractivity contribution >= 4 is 11.8 Å². The summed E-state index contributed by atoms with van der Waals surface area (Å²) >= 11 is 0. The first kappa shape index (κ1) is 17.5. The smallest absolute Gasteiger partial charge is 0.225 e. The van der Waals surface area contributed by atoms with E-state index in [-0.39, 0.29) is 23.3 Å². The maximum Gasteiger partial charge on any atom is 0.225 e. The van der Waals surface area contributed by atoms with Gasteiger partial charge >= 0.3 is 0 Å². The van der Waals surface area contributed by atoms with Crippen LogP contribution in [0.4, 0.5) is 0 Å². The fourth-order valence-corrected chi connectivity index (χ4v) is 2.89. The zero-order chi connectivity index (χ0) is 16.9. The number of carbonyl (C=O) groups is 2. The molecular formula is C19H28N2O2. The maximum absolute atomic E-state index is 12.1. The largest absolute Gasteiger partial charge is 0.356 e. The highest BCUT2D eigenvalue weighted by Crippen LogP contribution is 2.29. The lowest BCUT2D eigenvalue weighted by molar-refractivity contribution is -0.128. The van der Waals surface area contributed by atoms with Gasteiger partial charge in [0.15, 0.2) is 0 Å². The fraction of sp³-hybridized carbons (Fsp3) is 0.579. The maximum atomic E-state index is 12.1. The van der Waals surface area contributed by atoms with E-state index in [0.29, 0.717) is 19.4 Å². The van der Waals surface area contributed by atoms with E-state index >= 15 is 0 Å². The van der Waals surface area contributed by atoms with Crippen LogP contribution in [-0.2, 0) is 16.0 Å². The Morgan fingerprint density at radius 1 is 1.22 bits per heavy atom. The highest BCUT2D eigenvalue weighted by molar-refractivity contribution is 5.81. The van der Waals surface area contributed by atoms with E-state index < -0.39 is 0 Å². The number of carbonyl (C=O) groups excluding carboxylic acids is 2. The molecule has 1 aromatic carbocycles. The van der Waals surface area contributed by atoms with Gasteiger partial charge in [-0.2, -0.15) is 0 Å². The molecule has 1 atom stereocenters. The molecule has 2 rings (SSSR count). The van der Waals surface area contributed by atoms with Crippen LogP contribution in [0.15, 0.2) is 24.3 Å². The molecule has 1 unspecified atom stereocenters. The summed E-state index contributed by atoms with van der Waals surface area (Å²) in [6.07, 6.45) is 4.33. The summed E-state index contributed by atoms with van der Waals surface area (Å²) in [7, 11) is 0. The minimum atomic E-state index is -0.381. The number of hydrogen-bond acceptors (Lipinski definition) is 2. The SMILES string of the molecule is CC(C)(C)C(=O)NCCCC(=O)NC1CCCc2ccccc21. The Bertz CT molecular complexity index is 561. The minimum Gasteiger partial charge on any atom is -0.356 e. The van der Waals surface area contributed by atoms with Gasteiger partial charge in [-0.1, -0.05) is 45.0 Å². The molecule has 0 fully saturated rings. The number of fused-ring (bicyclic) bond motifs is 1. The lowest BCUT2D eigenvalue weighted by Gasteiger charge is -2.26. The summed E-state index contributed by atoms with van der Waals surface area (Å²) in [6, 6.07) is 8.49. The molecular weight excluding hydrogens is 288 g/mol. The van der Waals surface area contributed by atoms with Gasteiger partial charge in [0.05, 0.1) is 6.04 Å². The molecule has 2 N–H and O–H groups in total. The summed E-state index contributed by atoms with van der Waals surface area (Å²) in [6.45, 7) is 6.20. The third kappa shape index (κ3) is 5.08. The molecule has 0 radical (unpaired) electrons. The van der Waals surface area contributed by atoms with E-state index in [2.05, 4.69) is 28.8 Å². The Morgan fingerprint density at radius 3 is 2.70 bits per heavy atom. The molecule has 4 heteroatoms. The normalized spacial score (nSPS) is 17.3. The average Bonchev–Trinajstić information content (AvgIpc) is 2.51. The van der Waals surface area contributed by atoms with Crippen molar-refractivity contribution in [1.29, 1.82) is 0 Å². The lowest BCUT2D eigenvalue weighted by Crippen LogP contribution is -2.36. The first-order valence-electron chi connectivity index (χ1n) is 8.53. The topological polar surface area (TPSA) is 58.2 Å². The molecule has 1 aliphatic carbocycles. The van der Waals surface area contributed by atoms with Crippen molar-refractivity contribution in [2.24, 2.45) is 5.41 Å². The molecule has 1 aromatic rings. The molecule has 23 heavy (non-hydrogen) atoms. The molecule has 0 heterocycles. The van der Waals surface area contributed by atoms with Crippen molar-refractivity contribution < 1.29 is 9.59 Å². The van der Waals surface area contributed by atoms with Gasteiger partial charge in [0.1, 0.15) is 0 Å². The van der Waals surface area contributed by atoms with Crippen LogP contribution in [0.25, 0.3) is 0 Å². The summed E-state index contributed by atoms with van der Waals surface area (Å²) in [5.41, 5.74) is 2.23. The zero-order valence-electron chi connectivity index (χ0n) is 14.4. The highest BCUT2D eigenvalue weighted by atomic mass is 16.2. The van der Waals surface area contributed by atoms with E-state index in [1.165, 1.54) is 11.1 Å². The standard InChI is InChI=1S/C19H28N2O2/c1-19(2,3)18(23)20-13-7-12-17(22)21-16-11-6-9-14-8-4-5-10-15(14)16/h4-5,8,10,16H,6-7,9,11-13H2,1-3H3,(H,20,23)(H,21,22). The number of hydrogen-bond donors (Lipinski definition) is 2. The summed E-state index contributed by atoms with van der Waals surface area (Å²) < 4.78 is 0. The number of nitrogens with one attached hydrogen (secondary N) is 2. The zero-order valence-corrected chi connectivity index (χ0v) is 14.4. The molecule has 0 saturated carbocycles. The van der Waals surface area contributed by atoms with Gasteiger partial charge < -0.3 is 10.6 Å². The first-order valence-corrected chi connectivity index (χ1v) is 8.53. The van der Waals surface area contributed by atoms with Crippen molar-refractivity contribution in [1.82, 2.24) is 10.6 Å². The predicted octanol–water partition coefficient (Wildman–Crippen LogP) is 3.12. The van der Waals surface area contributed by atoms with E-state index in [0.717, 1.165) is 19.3 Å².